The Morgan fingerprint density at radius 1 is 1.64 bits per heavy atom. The molecule has 0 bridgehead atoms. The standard InChI is InChI=1S/C5H12N2O3S/c1-3-11(9,10)7-5(8)4(2)6/h4H,3,6H2,1-2H3,(H,7,8)/t4-/m1/s1. The molecule has 0 saturated carbocycles. The molecule has 1 amide bonds. The summed E-state index contributed by atoms with van der Waals surface area (Å²) in [5.74, 6) is -0.794. The maximum atomic E-state index is 10.7. The number of rotatable bonds is 3. The van der Waals surface area contributed by atoms with Gasteiger partial charge in [0.05, 0.1) is 11.8 Å². The summed E-state index contributed by atoms with van der Waals surface area (Å²) in [5.41, 5.74) is 5.12. The first-order chi connectivity index (χ1) is 4.89. The lowest BCUT2D eigenvalue weighted by molar-refractivity contribution is -0.120. The van der Waals surface area contributed by atoms with Crippen LogP contribution in [0.4, 0.5) is 0 Å². The maximum Gasteiger partial charge on any atom is 0.250 e. The van der Waals surface area contributed by atoms with E-state index in [1.54, 1.807) is 0 Å². The molecule has 66 valence electrons. The fraction of sp³-hybridized carbons (Fsp3) is 0.800. The van der Waals surface area contributed by atoms with Crippen LogP contribution in [-0.2, 0) is 14.8 Å². The lowest BCUT2D eigenvalue weighted by Crippen LogP contribution is -2.42. The van der Waals surface area contributed by atoms with E-state index in [4.69, 9.17) is 5.73 Å². The second kappa shape index (κ2) is 3.68. The lowest BCUT2D eigenvalue weighted by Gasteiger charge is -2.05. The number of carbonyl (C=O) groups excluding carboxylic acids is 1. The predicted octanol–water partition coefficient (Wildman–Crippen LogP) is -1.20. The SMILES string of the molecule is CCS(=O)(=O)NC(=O)[C@@H](C)N. The first kappa shape index (κ1) is 10.4. The summed E-state index contributed by atoms with van der Waals surface area (Å²) in [4.78, 5) is 10.7. The first-order valence-electron chi connectivity index (χ1n) is 3.19. The van der Waals surface area contributed by atoms with Crippen molar-refractivity contribution >= 4 is 15.9 Å². The van der Waals surface area contributed by atoms with Gasteiger partial charge in [-0.05, 0) is 13.8 Å². The van der Waals surface area contributed by atoms with Crippen molar-refractivity contribution in [3.05, 3.63) is 0 Å². The third-order valence-electron chi connectivity index (χ3n) is 1.05. The quantitative estimate of drug-likeness (QED) is 0.571. The summed E-state index contributed by atoms with van der Waals surface area (Å²) in [6.07, 6.45) is 0. The van der Waals surface area contributed by atoms with Gasteiger partial charge >= 0.3 is 0 Å². The van der Waals surface area contributed by atoms with Gasteiger partial charge in [-0.25, -0.2) is 8.42 Å². The molecule has 0 spiro atoms. The predicted molar refractivity (Wildman–Crippen MR) is 41.3 cm³/mol. The molecule has 6 heteroatoms. The Bertz CT molecular complexity index is 232. The van der Waals surface area contributed by atoms with E-state index in [-0.39, 0.29) is 5.75 Å². The fourth-order valence-corrected chi connectivity index (χ4v) is 0.955. The highest BCUT2D eigenvalue weighted by atomic mass is 32.2. The van der Waals surface area contributed by atoms with Crippen molar-refractivity contribution in [3.63, 3.8) is 0 Å². The maximum absolute atomic E-state index is 10.7. The van der Waals surface area contributed by atoms with Crippen molar-refractivity contribution in [1.29, 1.82) is 0 Å². The highest BCUT2D eigenvalue weighted by molar-refractivity contribution is 7.90. The summed E-state index contributed by atoms with van der Waals surface area (Å²) in [6, 6.07) is -0.795. The molecular weight excluding hydrogens is 168 g/mol. The van der Waals surface area contributed by atoms with Crippen molar-refractivity contribution in [1.82, 2.24) is 4.72 Å². The first-order valence-corrected chi connectivity index (χ1v) is 4.84. The van der Waals surface area contributed by atoms with Gasteiger partial charge in [0.2, 0.25) is 15.9 Å². The van der Waals surface area contributed by atoms with E-state index >= 15 is 0 Å². The minimum Gasteiger partial charge on any atom is -0.320 e. The van der Waals surface area contributed by atoms with E-state index in [1.165, 1.54) is 13.8 Å². The molecule has 0 saturated heterocycles. The number of carbonyl (C=O) groups is 1. The molecular formula is C5H12N2O3S. The summed E-state index contributed by atoms with van der Waals surface area (Å²) in [6.45, 7) is 2.86. The Morgan fingerprint density at radius 3 is 2.36 bits per heavy atom. The molecule has 0 aromatic carbocycles. The molecule has 1 atom stereocenters. The van der Waals surface area contributed by atoms with Crippen LogP contribution >= 0.6 is 0 Å². The molecule has 5 nitrogen and oxygen atoms in total. The highest BCUT2D eigenvalue weighted by Gasteiger charge is 2.14. The van der Waals surface area contributed by atoms with Gasteiger partial charge in [0.25, 0.3) is 0 Å². The topological polar surface area (TPSA) is 89.3 Å². The number of nitrogens with two attached hydrogens (primary N) is 1. The highest BCUT2D eigenvalue weighted by Crippen LogP contribution is 1.84. The number of amides is 1. The van der Waals surface area contributed by atoms with Crippen molar-refractivity contribution < 1.29 is 13.2 Å². The molecule has 3 N–H and O–H groups in total. The monoisotopic (exact) mass is 180 g/mol. The molecule has 11 heavy (non-hydrogen) atoms. The number of hydrogen-bond donors (Lipinski definition) is 2. The average molecular weight is 180 g/mol. The molecule has 0 radical (unpaired) electrons. The van der Waals surface area contributed by atoms with Gasteiger partial charge in [-0.15, -0.1) is 0 Å². The lowest BCUT2D eigenvalue weighted by atomic mass is 10.4. The van der Waals surface area contributed by atoms with E-state index < -0.39 is 22.0 Å². The molecule has 0 aromatic rings. The van der Waals surface area contributed by atoms with Crippen molar-refractivity contribution in [2.75, 3.05) is 5.75 Å². The zero-order valence-corrected chi connectivity index (χ0v) is 7.31. The van der Waals surface area contributed by atoms with Crippen molar-refractivity contribution in [3.8, 4) is 0 Å². The average Bonchev–Trinajstić information content (AvgIpc) is 1.87. The van der Waals surface area contributed by atoms with Gasteiger partial charge < -0.3 is 5.73 Å². The third-order valence-corrected chi connectivity index (χ3v) is 2.32. The van der Waals surface area contributed by atoms with Gasteiger partial charge in [-0.3, -0.25) is 9.52 Å². The smallest absolute Gasteiger partial charge is 0.250 e. The van der Waals surface area contributed by atoms with Gasteiger partial charge in [0.1, 0.15) is 0 Å². The molecule has 0 aliphatic carbocycles. The van der Waals surface area contributed by atoms with Crippen LogP contribution in [0.3, 0.4) is 0 Å². The molecule has 0 aliphatic heterocycles. The Balaban J connectivity index is 4.17. The van der Waals surface area contributed by atoms with Crippen LogP contribution in [-0.4, -0.2) is 26.1 Å². The number of hydrogen-bond acceptors (Lipinski definition) is 4. The summed E-state index contributed by atoms with van der Waals surface area (Å²) in [5, 5.41) is 0. The van der Waals surface area contributed by atoms with E-state index in [0.29, 0.717) is 0 Å². The fourth-order valence-electron chi connectivity index (χ4n) is 0.318. The Hall–Kier alpha value is -0.620. The normalized spacial score (nSPS) is 14.1. The van der Waals surface area contributed by atoms with E-state index in [9.17, 15) is 13.2 Å². The largest absolute Gasteiger partial charge is 0.320 e. The summed E-state index contributed by atoms with van der Waals surface area (Å²) in [7, 11) is -3.44. The van der Waals surface area contributed by atoms with Crippen LogP contribution < -0.4 is 10.5 Å². The van der Waals surface area contributed by atoms with Gasteiger partial charge in [0.15, 0.2) is 0 Å². The molecule has 0 fully saturated rings. The van der Waals surface area contributed by atoms with Crippen LogP contribution in [0.15, 0.2) is 0 Å². The zero-order chi connectivity index (χ0) is 9.07. The minimum atomic E-state index is -3.44. The molecule has 0 rings (SSSR count). The Labute approximate surface area is 66.0 Å². The van der Waals surface area contributed by atoms with E-state index in [2.05, 4.69) is 0 Å². The minimum absolute atomic E-state index is 0.120. The zero-order valence-electron chi connectivity index (χ0n) is 6.49. The van der Waals surface area contributed by atoms with E-state index in [0.717, 1.165) is 0 Å². The Kier molecular flexibility index (Phi) is 3.47. The van der Waals surface area contributed by atoms with Gasteiger partial charge in [0, 0.05) is 0 Å². The van der Waals surface area contributed by atoms with Crippen LogP contribution in [0.25, 0.3) is 0 Å². The van der Waals surface area contributed by atoms with Crippen LogP contribution in [0.2, 0.25) is 0 Å². The Morgan fingerprint density at radius 2 is 2.09 bits per heavy atom. The molecule has 0 heterocycles. The molecule has 0 unspecified atom stereocenters. The molecule has 0 aliphatic rings. The second-order valence-electron chi connectivity index (χ2n) is 2.16. The summed E-state index contributed by atoms with van der Waals surface area (Å²) >= 11 is 0. The summed E-state index contributed by atoms with van der Waals surface area (Å²) < 4.78 is 23.3. The van der Waals surface area contributed by atoms with Crippen LogP contribution in [0.1, 0.15) is 13.8 Å². The van der Waals surface area contributed by atoms with Crippen LogP contribution in [0.5, 0.6) is 0 Å². The van der Waals surface area contributed by atoms with Crippen molar-refractivity contribution in [2.45, 2.75) is 19.9 Å². The second-order valence-corrected chi connectivity index (χ2v) is 4.17. The van der Waals surface area contributed by atoms with Gasteiger partial charge in [-0.2, -0.15) is 0 Å². The van der Waals surface area contributed by atoms with Crippen molar-refractivity contribution in [2.24, 2.45) is 5.73 Å². The third kappa shape index (κ3) is 3.94. The van der Waals surface area contributed by atoms with Crippen LogP contribution in [0, 0.1) is 0 Å². The molecule has 0 aromatic heterocycles. The van der Waals surface area contributed by atoms with Gasteiger partial charge in [-0.1, -0.05) is 0 Å². The van der Waals surface area contributed by atoms with E-state index in [1.807, 2.05) is 4.72 Å². The number of sulfonamides is 1. The number of nitrogens with one attached hydrogen (secondary N) is 1.